The van der Waals surface area contributed by atoms with Gasteiger partial charge in [-0.2, -0.15) is 0 Å². The Morgan fingerprint density at radius 2 is 2.08 bits per heavy atom. The van der Waals surface area contributed by atoms with Gasteiger partial charge in [0.25, 0.3) is 5.91 Å². The molecule has 1 aromatic heterocycles. The van der Waals surface area contributed by atoms with E-state index in [1.54, 1.807) is 0 Å². The average Bonchev–Trinajstić information content (AvgIpc) is 2.88. The summed E-state index contributed by atoms with van der Waals surface area (Å²) in [5, 5.41) is 2.78. The number of nitrogens with one attached hydrogen (secondary N) is 1. The lowest BCUT2D eigenvalue weighted by Gasteiger charge is -2.27. The molecule has 0 radical (unpaired) electrons. The van der Waals surface area contributed by atoms with Crippen LogP contribution in [0.4, 0.5) is 5.82 Å². The predicted octanol–water partition coefficient (Wildman–Crippen LogP) is -0.219. The van der Waals surface area contributed by atoms with Crippen LogP contribution < -0.4 is 10.2 Å². The fraction of sp³-hybridized carbons (Fsp3) is 0.667. The van der Waals surface area contributed by atoms with Crippen molar-refractivity contribution in [2.75, 3.05) is 50.1 Å². The summed E-state index contributed by atoms with van der Waals surface area (Å²) in [5.74, 6) is 0.704. The van der Waals surface area contributed by atoms with Gasteiger partial charge in [-0.3, -0.25) is 4.79 Å². The highest BCUT2D eigenvalue weighted by molar-refractivity contribution is 7.91. The van der Waals surface area contributed by atoms with Gasteiger partial charge in [-0.25, -0.2) is 18.4 Å². The summed E-state index contributed by atoms with van der Waals surface area (Å²) in [6, 6.07) is -0.0749. The third kappa shape index (κ3) is 4.88. The van der Waals surface area contributed by atoms with Crippen LogP contribution in [0.25, 0.3) is 0 Å². The van der Waals surface area contributed by atoms with Crippen molar-refractivity contribution in [3.8, 4) is 0 Å². The van der Waals surface area contributed by atoms with E-state index in [0.717, 1.165) is 6.54 Å². The van der Waals surface area contributed by atoms with Crippen LogP contribution in [0.15, 0.2) is 12.4 Å². The van der Waals surface area contributed by atoms with Crippen molar-refractivity contribution in [1.29, 1.82) is 0 Å². The molecule has 134 valence electrons. The molecule has 1 aliphatic rings. The lowest BCUT2D eigenvalue weighted by Crippen LogP contribution is -2.37. The van der Waals surface area contributed by atoms with Crippen molar-refractivity contribution < 1.29 is 13.2 Å². The summed E-state index contributed by atoms with van der Waals surface area (Å²) in [6.07, 6.45) is 3.58. The second kappa shape index (κ2) is 7.89. The molecule has 2 heterocycles. The number of nitrogens with zero attached hydrogens (tertiary/aromatic N) is 4. The minimum atomic E-state index is -2.96. The van der Waals surface area contributed by atoms with Crippen LogP contribution in [0.1, 0.15) is 23.8 Å². The fourth-order valence-electron chi connectivity index (χ4n) is 2.70. The lowest BCUT2D eigenvalue weighted by molar-refractivity contribution is 0.0945. The van der Waals surface area contributed by atoms with Gasteiger partial charge in [0.15, 0.2) is 9.84 Å². The van der Waals surface area contributed by atoms with E-state index >= 15 is 0 Å². The number of carbonyl (C=O) groups is 1. The Labute approximate surface area is 143 Å². The molecule has 1 amide bonds. The number of hydrogen-bond donors (Lipinski definition) is 1. The van der Waals surface area contributed by atoms with Gasteiger partial charge in [-0.15, -0.1) is 0 Å². The Bertz CT molecular complexity index is 660. The zero-order chi connectivity index (χ0) is 17.7. The second-order valence-corrected chi connectivity index (χ2v) is 8.39. The molecule has 0 spiro atoms. The predicted molar refractivity (Wildman–Crippen MR) is 93.0 cm³/mol. The summed E-state index contributed by atoms with van der Waals surface area (Å²) < 4.78 is 23.3. The minimum absolute atomic E-state index is 0.0749. The molecular weight excluding hydrogens is 330 g/mol. The second-order valence-electron chi connectivity index (χ2n) is 6.16. The number of amides is 1. The highest BCUT2D eigenvalue weighted by Gasteiger charge is 2.32. The van der Waals surface area contributed by atoms with Gasteiger partial charge >= 0.3 is 0 Å². The van der Waals surface area contributed by atoms with Crippen molar-refractivity contribution in [2.24, 2.45) is 0 Å². The highest BCUT2D eigenvalue weighted by Crippen LogP contribution is 2.22. The van der Waals surface area contributed by atoms with Gasteiger partial charge in [0.05, 0.1) is 23.9 Å². The maximum Gasteiger partial charge on any atom is 0.271 e. The Balaban J connectivity index is 2.01. The smallest absolute Gasteiger partial charge is 0.271 e. The number of anilines is 1. The quantitative estimate of drug-likeness (QED) is 0.722. The van der Waals surface area contributed by atoms with Crippen LogP contribution >= 0.6 is 0 Å². The first kappa shape index (κ1) is 18.6. The first-order valence-electron chi connectivity index (χ1n) is 8.04. The van der Waals surface area contributed by atoms with E-state index < -0.39 is 9.84 Å². The Kier molecular flexibility index (Phi) is 6.11. The van der Waals surface area contributed by atoms with Crippen LogP contribution in [0.3, 0.4) is 0 Å². The Hall–Kier alpha value is -1.74. The van der Waals surface area contributed by atoms with Gasteiger partial charge < -0.3 is 15.1 Å². The molecule has 0 aromatic carbocycles. The highest BCUT2D eigenvalue weighted by atomic mass is 32.2. The molecule has 9 heteroatoms. The standard InChI is InChI=1S/C15H25N5O3S/c1-4-20(12-5-8-24(22,23)11-12)14-10-17-13(9-18-14)15(21)16-6-7-19(2)3/h9-10,12H,4-8,11H2,1-3H3,(H,16,21). The van der Waals surface area contributed by atoms with E-state index in [-0.39, 0.29) is 29.1 Å². The van der Waals surface area contributed by atoms with Crippen LogP contribution in [0.2, 0.25) is 0 Å². The molecule has 24 heavy (non-hydrogen) atoms. The molecule has 1 aliphatic heterocycles. The number of aromatic nitrogens is 2. The third-order valence-electron chi connectivity index (χ3n) is 4.00. The number of likely N-dealkylation sites (N-methyl/N-ethyl adjacent to an activating group) is 1. The monoisotopic (exact) mass is 355 g/mol. The minimum Gasteiger partial charge on any atom is -0.352 e. The number of hydrogen-bond acceptors (Lipinski definition) is 7. The topological polar surface area (TPSA) is 95.5 Å². The Morgan fingerprint density at radius 3 is 2.58 bits per heavy atom. The number of rotatable bonds is 7. The van der Waals surface area contributed by atoms with E-state index in [9.17, 15) is 13.2 Å². The lowest BCUT2D eigenvalue weighted by atomic mass is 10.2. The first-order valence-corrected chi connectivity index (χ1v) is 9.86. The van der Waals surface area contributed by atoms with Crippen LogP contribution in [-0.2, 0) is 9.84 Å². The molecule has 1 aromatic rings. The van der Waals surface area contributed by atoms with Crippen molar-refractivity contribution in [1.82, 2.24) is 20.2 Å². The largest absolute Gasteiger partial charge is 0.352 e. The summed E-state index contributed by atoms with van der Waals surface area (Å²) >= 11 is 0. The van der Waals surface area contributed by atoms with E-state index in [4.69, 9.17) is 0 Å². The maximum absolute atomic E-state index is 12.0. The molecule has 2 rings (SSSR count). The summed E-state index contributed by atoms with van der Waals surface area (Å²) in [5.41, 5.74) is 0.257. The van der Waals surface area contributed by atoms with E-state index in [1.165, 1.54) is 12.4 Å². The summed E-state index contributed by atoms with van der Waals surface area (Å²) in [6.45, 7) is 3.88. The molecule has 8 nitrogen and oxygen atoms in total. The van der Waals surface area contributed by atoms with E-state index in [1.807, 2.05) is 30.8 Å². The zero-order valence-corrected chi connectivity index (χ0v) is 15.2. The SMILES string of the molecule is CCN(c1cnc(C(=O)NCCN(C)C)cn1)C1CCS(=O)(=O)C1. The van der Waals surface area contributed by atoms with Crippen molar-refractivity contribution in [2.45, 2.75) is 19.4 Å². The molecular formula is C15H25N5O3S. The Morgan fingerprint density at radius 1 is 1.33 bits per heavy atom. The third-order valence-corrected chi connectivity index (χ3v) is 5.75. The van der Waals surface area contributed by atoms with Gasteiger partial charge in [0, 0.05) is 25.7 Å². The number of carbonyl (C=O) groups excluding carboxylic acids is 1. The van der Waals surface area contributed by atoms with E-state index in [0.29, 0.717) is 25.3 Å². The van der Waals surface area contributed by atoms with Crippen molar-refractivity contribution >= 4 is 21.6 Å². The van der Waals surface area contributed by atoms with Gasteiger partial charge in [-0.05, 0) is 27.4 Å². The van der Waals surface area contributed by atoms with Crippen molar-refractivity contribution in [3.63, 3.8) is 0 Å². The van der Waals surface area contributed by atoms with Gasteiger partial charge in [0.1, 0.15) is 11.5 Å². The fourth-order valence-corrected chi connectivity index (χ4v) is 4.43. The molecule has 1 unspecified atom stereocenters. The molecule has 0 bridgehead atoms. The zero-order valence-electron chi connectivity index (χ0n) is 14.4. The van der Waals surface area contributed by atoms with Crippen LogP contribution in [-0.4, -0.2) is 80.5 Å². The van der Waals surface area contributed by atoms with E-state index in [2.05, 4.69) is 15.3 Å². The molecule has 0 saturated carbocycles. The van der Waals surface area contributed by atoms with Gasteiger partial charge in [0.2, 0.25) is 0 Å². The van der Waals surface area contributed by atoms with Crippen molar-refractivity contribution in [3.05, 3.63) is 18.1 Å². The molecule has 1 atom stereocenters. The first-order chi connectivity index (χ1) is 11.3. The maximum atomic E-state index is 12.0. The normalized spacial score (nSPS) is 19.4. The summed E-state index contributed by atoms with van der Waals surface area (Å²) in [7, 11) is 0.912. The van der Waals surface area contributed by atoms with Crippen LogP contribution in [0, 0.1) is 0 Å². The molecule has 1 fully saturated rings. The molecule has 0 aliphatic carbocycles. The van der Waals surface area contributed by atoms with Gasteiger partial charge in [-0.1, -0.05) is 0 Å². The summed E-state index contributed by atoms with van der Waals surface area (Å²) in [4.78, 5) is 24.4. The van der Waals surface area contributed by atoms with Crippen LogP contribution in [0.5, 0.6) is 0 Å². The number of sulfone groups is 1. The molecule has 1 saturated heterocycles. The molecule has 1 N–H and O–H groups in total. The average molecular weight is 355 g/mol.